The number of phosphoric ester groups is 1. The summed E-state index contributed by atoms with van der Waals surface area (Å²) in [7, 11) is -4.39. The number of rotatable bonds is 71. The van der Waals surface area contributed by atoms with Crippen LogP contribution in [-0.4, -0.2) is 49.3 Å². The number of allylic oxidation sites excluding steroid dienone is 8. The van der Waals surface area contributed by atoms with Gasteiger partial charge in [0.2, 0.25) is 0 Å². The van der Waals surface area contributed by atoms with Gasteiger partial charge in [0.25, 0.3) is 0 Å². The molecule has 0 bridgehead atoms. The van der Waals surface area contributed by atoms with Gasteiger partial charge in [-0.3, -0.25) is 18.6 Å². The van der Waals surface area contributed by atoms with Crippen molar-refractivity contribution < 1.29 is 37.6 Å². The molecule has 0 rings (SSSR count). The Morgan fingerprint density at radius 1 is 0.353 bits per heavy atom. The minimum absolute atomic E-state index is 0.0555. The molecule has 0 aromatic heterocycles. The fraction of sp³-hybridized carbons (Fsp3) is 0.867. The molecular formula is C75H142NO8P. The quantitative estimate of drug-likeness (QED) is 0.0264. The first-order valence-corrected chi connectivity index (χ1v) is 38.6. The van der Waals surface area contributed by atoms with Gasteiger partial charge < -0.3 is 20.1 Å². The van der Waals surface area contributed by atoms with E-state index >= 15 is 0 Å². The Hall–Kier alpha value is -2.03. The molecule has 10 heteroatoms. The van der Waals surface area contributed by atoms with Crippen molar-refractivity contribution in [3.8, 4) is 0 Å². The zero-order valence-electron chi connectivity index (χ0n) is 56.4. The lowest BCUT2D eigenvalue weighted by Gasteiger charge is -2.19. The Balaban J connectivity index is 3.80. The number of carbonyl (C=O) groups is 2. The molecule has 0 saturated heterocycles. The van der Waals surface area contributed by atoms with Gasteiger partial charge in [0.05, 0.1) is 13.2 Å². The van der Waals surface area contributed by atoms with Crippen LogP contribution in [0.3, 0.4) is 0 Å². The van der Waals surface area contributed by atoms with Crippen LogP contribution in [-0.2, 0) is 32.7 Å². The van der Waals surface area contributed by atoms with E-state index in [9.17, 15) is 19.0 Å². The van der Waals surface area contributed by atoms with Gasteiger partial charge in [0, 0.05) is 19.4 Å². The van der Waals surface area contributed by atoms with Crippen LogP contribution in [0.1, 0.15) is 386 Å². The number of ether oxygens (including phenoxy) is 2. The minimum Gasteiger partial charge on any atom is -0.462 e. The maximum atomic E-state index is 12.8. The molecule has 0 aromatic rings. The lowest BCUT2D eigenvalue weighted by Crippen LogP contribution is -2.29. The monoisotopic (exact) mass is 1220 g/mol. The second-order valence-electron chi connectivity index (χ2n) is 25.2. The van der Waals surface area contributed by atoms with Crippen molar-refractivity contribution in [3.63, 3.8) is 0 Å². The molecule has 3 N–H and O–H groups in total. The minimum atomic E-state index is -4.39. The molecule has 9 nitrogen and oxygen atoms in total. The van der Waals surface area contributed by atoms with Gasteiger partial charge in [-0.25, -0.2) is 4.57 Å². The number of esters is 2. The predicted octanol–water partition coefficient (Wildman–Crippen LogP) is 24.4. The summed E-state index contributed by atoms with van der Waals surface area (Å²) in [6, 6.07) is 0. The molecule has 0 radical (unpaired) electrons. The third kappa shape index (κ3) is 70.9. The molecule has 0 amide bonds. The molecule has 0 heterocycles. The molecule has 500 valence electrons. The zero-order valence-corrected chi connectivity index (χ0v) is 57.3. The lowest BCUT2D eigenvalue weighted by atomic mass is 10.0. The van der Waals surface area contributed by atoms with Gasteiger partial charge in [-0.1, -0.05) is 345 Å². The first-order valence-electron chi connectivity index (χ1n) is 37.1. The second kappa shape index (κ2) is 71.1. The smallest absolute Gasteiger partial charge is 0.462 e. The normalized spacial score (nSPS) is 13.1. The van der Waals surface area contributed by atoms with Gasteiger partial charge in [-0.2, -0.15) is 0 Å². The third-order valence-corrected chi connectivity index (χ3v) is 17.7. The Morgan fingerprint density at radius 3 is 0.894 bits per heavy atom. The van der Waals surface area contributed by atoms with Crippen molar-refractivity contribution in [2.45, 2.75) is 392 Å². The van der Waals surface area contributed by atoms with Crippen molar-refractivity contribution in [1.82, 2.24) is 0 Å². The number of carbonyl (C=O) groups excluding carboxylic acids is 2. The molecule has 0 aromatic carbocycles. The van der Waals surface area contributed by atoms with E-state index in [1.807, 2.05) is 0 Å². The SMILES string of the molecule is CCCCCCC/C=C\C/C=C\CCCCCCCCCCCCCCCCCCCCCCCC(=O)OC(COC(=O)CCCCCCCCCCCCCCCCCCCCC/C=C\C/C=C\CCCCCCC)COP(=O)(O)OCCN. The van der Waals surface area contributed by atoms with Crippen molar-refractivity contribution in [1.29, 1.82) is 0 Å². The molecule has 85 heavy (non-hydrogen) atoms. The highest BCUT2D eigenvalue weighted by atomic mass is 31.2. The van der Waals surface area contributed by atoms with Crippen LogP contribution in [0, 0.1) is 0 Å². The van der Waals surface area contributed by atoms with Gasteiger partial charge in [0.1, 0.15) is 6.61 Å². The largest absolute Gasteiger partial charge is 0.472 e. The molecule has 0 spiro atoms. The standard InChI is InChI=1S/C75H142NO8P/c1-3-5-7-9-11-13-15-17-19-21-23-25-27-29-31-33-35-36-38-40-42-44-46-48-50-52-54-56-58-60-62-64-66-68-75(78)84-73(72-83-85(79,80)82-70-69-76)71-81-74(77)67-65-63-61-59-57-55-53-51-49-47-45-43-41-39-37-34-32-30-28-26-24-22-20-18-16-14-12-10-8-6-4-2/h15-18,21-24,73H,3-14,19-20,25-72,76H2,1-2H3,(H,79,80)/b17-15-,18-16-,23-21-,24-22-. The maximum Gasteiger partial charge on any atom is 0.472 e. The van der Waals surface area contributed by atoms with E-state index in [1.165, 1.54) is 308 Å². The Morgan fingerprint density at radius 2 is 0.612 bits per heavy atom. The Kier molecular flexibility index (Phi) is 69.4. The van der Waals surface area contributed by atoms with E-state index in [4.69, 9.17) is 24.3 Å². The van der Waals surface area contributed by atoms with Gasteiger partial charge in [-0.15, -0.1) is 0 Å². The highest BCUT2D eigenvalue weighted by molar-refractivity contribution is 7.47. The van der Waals surface area contributed by atoms with Crippen LogP contribution in [0.4, 0.5) is 0 Å². The van der Waals surface area contributed by atoms with Gasteiger partial charge >= 0.3 is 19.8 Å². The molecular weight excluding hydrogens is 1070 g/mol. The maximum absolute atomic E-state index is 12.8. The zero-order chi connectivity index (χ0) is 61.6. The summed E-state index contributed by atoms with van der Waals surface area (Å²) in [5, 5.41) is 0. The molecule has 0 aliphatic carbocycles. The molecule has 2 unspecified atom stereocenters. The van der Waals surface area contributed by atoms with E-state index in [1.54, 1.807) is 0 Å². The first kappa shape index (κ1) is 83.0. The van der Waals surface area contributed by atoms with E-state index in [0.717, 1.165) is 44.9 Å². The van der Waals surface area contributed by atoms with Crippen LogP contribution < -0.4 is 5.73 Å². The summed E-state index contributed by atoms with van der Waals surface area (Å²) in [5.74, 6) is -0.805. The molecule has 0 aliphatic heterocycles. The van der Waals surface area contributed by atoms with Crippen LogP contribution in [0.15, 0.2) is 48.6 Å². The van der Waals surface area contributed by atoms with E-state index < -0.39 is 26.5 Å². The lowest BCUT2D eigenvalue weighted by molar-refractivity contribution is -0.161. The summed E-state index contributed by atoms with van der Waals surface area (Å²) in [4.78, 5) is 35.4. The van der Waals surface area contributed by atoms with Crippen LogP contribution >= 0.6 is 7.82 Å². The van der Waals surface area contributed by atoms with Crippen LogP contribution in [0.25, 0.3) is 0 Å². The van der Waals surface area contributed by atoms with Crippen LogP contribution in [0.2, 0.25) is 0 Å². The highest BCUT2D eigenvalue weighted by Gasteiger charge is 2.26. The van der Waals surface area contributed by atoms with E-state index in [0.29, 0.717) is 6.42 Å². The Bertz CT molecular complexity index is 1530. The van der Waals surface area contributed by atoms with Gasteiger partial charge in [0.15, 0.2) is 6.10 Å². The number of hydrogen-bond donors (Lipinski definition) is 2. The number of hydrogen-bond acceptors (Lipinski definition) is 8. The van der Waals surface area contributed by atoms with E-state index in [-0.39, 0.29) is 38.6 Å². The second-order valence-corrected chi connectivity index (χ2v) is 26.6. The number of nitrogens with two attached hydrogens (primary N) is 1. The average molecular weight is 1220 g/mol. The predicted molar refractivity (Wildman–Crippen MR) is 367 cm³/mol. The van der Waals surface area contributed by atoms with Crippen molar-refractivity contribution >= 4 is 19.8 Å². The first-order chi connectivity index (χ1) is 41.8. The molecule has 0 fully saturated rings. The summed E-state index contributed by atoms with van der Waals surface area (Å²) in [6.45, 7) is 3.80. The number of unbranched alkanes of at least 4 members (excludes halogenated alkanes) is 50. The molecule has 0 saturated carbocycles. The van der Waals surface area contributed by atoms with Crippen molar-refractivity contribution in [2.75, 3.05) is 26.4 Å². The van der Waals surface area contributed by atoms with Gasteiger partial charge in [-0.05, 0) is 77.0 Å². The fourth-order valence-electron chi connectivity index (χ4n) is 11.2. The van der Waals surface area contributed by atoms with Crippen LogP contribution in [0.5, 0.6) is 0 Å². The highest BCUT2D eigenvalue weighted by Crippen LogP contribution is 2.43. The Labute approximate surface area is 527 Å². The average Bonchev–Trinajstić information content (AvgIpc) is 3.52. The van der Waals surface area contributed by atoms with Crippen molar-refractivity contribution in [3.05, 3.63) is 48.6 Å². The fourth-order valence-corrected chi connectivity index (χ4v) is 11.9. The molecule has 0 aliphatic rings. The molecule has 2 atom stereocenters. The van der Waals surface area contributed by atoms with E-state index in [2.05, 4.69) is 62.5 Å². The third-order valence-electron chi connectivity index (χ3n) is 16.7. The summed E-state index contributed by atoms with van der Waals surface area (Å²) in [6.07, 6.45) is 90.8. The summed E-state index contributed by atoms with van der Waals surface area (Å²) < 4.78 is 33.2. The number of phosphoric acid groups is 1. The van der Waals surface area contributed by atoms with Crippen molar-refractivity contribution in [2.24, 2.45) is 5.73 Å². The topological polar surface area (TPSA) is 134 Å². The summed E-state index contributed by atoms with van der Waals surface area (Å²) >= 11 is 0. The summed E-state index contributed by atoms with van der Waals surface area (Å²) in [5.41, 5.74) is 5.41.